The van der Waals surface area contributed by atoms with Crippen LogP contribution in [0.3, 0.4) is 0 Å². The minimum Gasteiger partial charge on any atom is -0.490 e. The summed E-state index contributed by atoms with van der Waals surface area (Å²) in [7, 11) is 0. The molecule has 0 bridgehead atoms. The van der Waals surface area contributed by atoms with Gasteiger partial charge in [0.05, 0.1) is 24.3 Å². The molecule has 2 aromatic carbocycles. The zero-order valence-corrected chi connectivity index (χ0v) is 38.7. The van der Waals surface area contributed by atoms with Crippen molar-refractivity contribution in [2.45, 2.75) is 149 Å². The van der Waals surface area contributed by atoms with E-state index in [1.54, 1.807) is 27.0 Å². The van der Waals surface area contributed by atoms with Gasteiger partial charge in [-0.25, -0.2) is 4.39 Å². The summed E-state index contributed by atoms with van der Waals surface area (Å²) in [6.07, 6.45) is 6.91. The lowest BCUT2D eigenvalue weighted by atomic mass is 9.85. The molecular weight excluding hydrogens is 712 g/mol. The van der Waals surface area contributed by atoms with Gasteiger partial charge in [-0.05, 0) is 149 Å². The molecule has 57 heavy (non-hydrogen) atoms. The average molecular weight is 787 g/mol. The maximum atomic E-state index is 15.4. The van der Waals surface area contributed by atoms with Crippen LogP contribution in [0.5, 0.6) is 5.75 Å². The first-order valence-electron chi connectivity index (χ1n) is 20.9. The highest BCUT2D eigenvalue weighted by Crippen LogP contribution is 2.42. The second-order valence-electron chi connectivity index (χ2n) is 13.1. The first kappa shape index (κ1) is 54.5. The molecule has 4 aromatic rings. The number of aromatic nitrogens is 2. The molecular formula is C50H75FN2O4. The summed E-state index contributed by atoms with van der Waals surface area (Å²) in [6, 6.07) is 11.8. The van der Waals surface area contributed by atoms with Gasteiger partial charge in [0.15, 0.2) is 11.6 Å². The molecule has 0 saturated heterocycles. The number of rotatable bonds is 7. The number of fused-ring (bicyclic) bond motifs is 1. The largest absolute Gasteiger partial charge is 0.490 e. The second kappa shape index (κ2) is 27.9. The summed E-state index contributed by atoms with van der Waals surface area (Å²) in [5, 5.41) is 18.4. The molecule has 0 spiro atoms. The molecule has 0 amide bonds. The number of benzene rings is 2. The Morgan fingerprint density at radius 2 is 1.46 bits per heavy atom. The van der Waals surface area contributed by atoms with E-state index in [9.17, 15) is 9.90 Å². The van der Waals surface area contributed by atoms with Gasteiger partial charge in [-0.1, -0.05) is 94.0 Å². The highest BCUT2D eigenvalue weighted by Gasteiger charge is 2.26. The fourth-order valence-electron chi connectivity index (χ4n) is 5.83. The van der Waals surface area contributed by atoms with Crippen LogP contribution in [0.4, 0.5) is 4.39 Å². The maximum absolute atomic E-state index is 15.4. The van der Waals surface area contributed by atoms with Gasteiger partial charge in [-0.15, -0.1) is 0 Å². The average Bonchev–Trinajstić information content (AvgIpc) is 3.21. The number of carbonyl (C=O) groups is 1. The zero-order valence-electron chi connectivity index (χ0n) is 38.7. The fraction of sp³-hybridized carbons (Fsp3) is 0.460. The first-order chi connectivity index (χ1) is 27.1. The van der Waals surface area contributed by atoms with Crippen LogP contribution in [-0.2, 0) is 17.6 Å². The summed E-state index contributed by atoms with van der Waals surface area (Å²) in [6.45, 7) is 39.4. The topological polar surface area (TPSA) is 92.5 Å². The lowest BCUT2D eigenvalue weighted by Crippen LogP contribution is -2.14. The predicted molar refractivity (Wildman–Crippen MR) is 246 cm³/mol. The lowest BCUT2D eigenvalue weighted by Gasteiger charge is -2.24. The number of halogens is 1. The van der Waals surface area contributed by atoms with Crippen molar-refractivity contribution in [3.8, 4) is 28.0 Å². The molecule has 316 valence electrons. The van der Waals surface area contributed by atoms with Gasteiger partial charge in [-0.2, -0.15) is 0 Å². The van der Waals surface area contributed by atoms with E-state index in [1.807, 2.05) is 121 Å². The number of aliphatic hydroxyl groups is 1. The Labute approximate surface area is 346 Å². The Morgan fingerprint density at radius 1 is 0.895 bits per heavy atom. The number of aliphatic carboxylic acids is 1. The Hall–Kier alpha value is -4.62. The molecule has 0 radical (unpaired) electrons. The van der Waals surface area contributed by atoms with Crippen molar-refractivity contribution in [3.05, 3.63) is 105 Å². The van der Waals surface area contributed by atoms with Crippen molar-refractivity contribution < 1.29 is 24.1 Å². The van der Waals surface area contributed by atoms with E-state index in [2.05, 4.69) is 36.7 Å². The van der Waals surface area contributed by atoms with Gasteiger partial charge in [0, 0.05) is 28.7 Å². The molecule has 7 heteroatoms. The highest BCUT2D eigenvalue weighted by atomic mass is 19.1. The van der Waals surface area contributed by atoms with Crippen molar-refractivity contribution in [1.82, 2.24) is 9.97 Å². The minimum atomic E-state index is -0.970. The van der Waals surface area contributed by atoms with E-state index < -0.39 is 17.4 Å². The van der Waals surface area contributed by atoms with Crippen LogP contribution < -0.4 is 4.74 Å². The van der Waals surface area contributed by atoms with E-state index in [-0.39, 0.29) is 6.42 Å². The quantitative estimate of drug-likeness (QED) is 0.194. The number of pyridine rings is 2. The Bertz CT molecular complexity index is 1860. The Kier molecular flexibility index (Phi) is 26.7. The molecule has 0 unspecified atom stereocenters. The number of carboxylic acid groups (broad SMARTS) is 1. The van der Waals surface area contributed by atoms with Gasteiger partial charge in [0.25, 0.3) is 0 Å². The number of hydrogen-bond acceptors (Lipinski definition) is 5. The predicted octanol–water partition coefficient (Wildman–Crippen LogP) is 14.2. The third-order valence-corrected chi connectivity index (χ3v) is 8.12. The van der Waals surface area contributed by atoms with E-state index in [0.717, 1.165) is 62.3 Å². The minimum absolute atomic E-state index is 0.226. The van der Waals surface area contributed by atoms with Crippen LogP contribution >= 0.6 is 0 Å². The molecule has 1 aliphatic heterocycles. The van der Waals surface area contributed by atoms with Crippen molar-refractivity contribution in [2.24, 2.45) is 0 Å². The molecule has 0 aliphatic carbocycles. The van der Waals surface area contributed by atoms with Crippen LogP contribution in [-0.4, -0.2) is 38.4 Å². The van der Waals surface area contributed by atoms with Gasteiger partial charge in [0.1, 0.15) is 0 Å². The number of nitrogens with zero attached hydrogens (tertiary/aromatic N) is 2. The highest BCUT2D eigenvalue weighted by molar-refractivity contribution is 5.91. The maximum Gasteiger partial charge on any atom is 0.307 e. The monoisotopic (exact) mass is 787 g/mol. The van der Waals surface area contributed by atoms with Crippen LogP contribution in [0, 0.1) is 33.5 Å². The molecule has 2 aromatic heterocycles. The van der Waals surface area contributed by atoms with Crippen molar-refractivity contribution in [2.75, 3.05) is 6.61 Å². The normalized spacial score (nSPS) is 11.1. The number of aryl methyl sites for hydroxylation is 3. The summed E-state index contributed by atoms with van der Waals surface area (Å²) in [5.74, 6) is -1.10. The SMILES string of the molecule is C=Cc1cc(-c2ccnc(/C(C)=C/c3c(C)nc(C)c(CC(=O)O)c3-c3cc(F)c4c(c3C)CCCO4)c2)ccc1C.CC.CC.CC.CC.CC.CC(C)(C)O. The van der Waals surface area contributed by atoms with E-state index in [4.69, 9.17) is 14.8 Å². The van der Waals surface area contributed by atoms with Gasteiger partial charge in [-0.3, -0.25) is 14.8 Å². The van der Waals surface area contributed by atoms with Crippen LogP contribution in [0.1, 0.15) is 154 Å². The molecule has 2 N–H and O–H groups in total. The molecule has 0 saturated carbocycles. The van der Waals surface area contributed by atoms with Gasteiger partial charge >= 0.3 is 5.97 Å². The number of carboxylic acids is 1. The van der Waals surface area contributed by atoms with Crippen LogP contribution in [0.2, 0.25) is 0 Å². The van der Waals surface area contributed by atoms with E-state index in [0.29, 0.717) is 41.2 Å². The third kappa shape index (κ3) is 16.4. The number of allylic oxidation sites excluding steroid dienone is 1. The molecule has 6 nitrogen and oxygen atoms in total. The summed E-state index contributed by atoms with van der Waals surface area (Å²) in [5.41, 5.74) is 11.2. The van der Waals surface area contributed by atoms with Crippen molar-refractivity contribution in [3.63, 3.8) is 0 Å². The molecule has 0 atom stereocenters. The van der Waals surface area contributed by atoms with Crippen molar-refractivity contribution >= 4 is 23.7 Å². The molecule has 5 rings (SSSR count). The van der Waals surface area contributed by atoms with Crippen molar-refractivity contribution in [1.29, 1.82) is 0 Å². The standard InChI is InChI=1S/C36H35FN2O3.C4H10O.5C2H6/c1-7-25-16-26(11-10-20(25)2)27-12-13-38-33(17-27)21(3)15-30-23(5)39-24(6)31(19-34(40)41)35(30)29-18-32(37)36-28(22(29)4)9-8-14-42-36;1-4(2,3)5;5*1-2/h7,10-13,15-18H,1,8-9,14,19H2,2-6H3,(H,40,41);5H,1-3H3;5*1-2H3/b21-15+;;;;;;. The van der Waals surface area contributed by atoms with Crippen LogP contribution in [0.15, 0.2) is 49.2 Å². The smallest absolute Gasteiger partial charge is 0.307 e. The van der Waals surface area contributed by atoms with Crippen LogP contribution in [0.25, 0.3) is 40.0 Å². The van der Waals surface area contributed by atoms with E-state index >= 15 is 4.39 Å². The van der Waals surface area contributed by atoms with E-state index in [1.165, 1.54) is 6.07 Å². The first-order valence-corrected chi connectivity index (χ1v) is 20.9. The number of ether oxygens (including phenoxy) is 1. The Morgan fingerprint density at radius 3 is 2.00 bits per heavy atom. The van der Waals surface area contributed by atoms with Gasteiger partial charge in [0.2, 0.25) is 0 Å². The molecule has 3 heterocycles. The molecule has 0 fully saturated rings. The molecule has 1 aliphatic rings. The number of hydrogen-bond donors (Lipinski definition) is 2. The second-order valence-corrected chi connectivity index (χ2v) is 13.1. The Balaban J connectivity index is 0. The lowest BCUT2D eigenvalue weighted by molar-refractivity contribution is -0.136. The summed E-state index contributed by atoms with van der Waals surface area (Å²) < 4.78 is 21.1. The fourth-order valence-corrected chi connectivity index (χ4v) is 5.83. The zero-order chi connectivity index (χ0) is 44.6. The summed E-state index contributed by atoms with van der Waals surface area (Å²) in [4.78, 5) is 21.4. The third-order valence-electron chi connectivity index (χ3n) is 8.12. The summed E-state index contributed by atoms with van der Waals surface area (Å²) >= 11 is 0. The van der Waals surface area contributed by atoms with Gasteiger partial charge < -0.3 is 14.9 Å².